The zero-order valence-electron chi connectivity index (χ0n) is 18.5. The third-order valence-electron chi connectivity index (χ3n) is 4.73. The first-order chi connectivity index (χ1) is 15.6. The number of nitrogens with zero attached hydrogens (tertiary/aromatic N) is 5. The summed E-state index contributed by atoms with van der Waals surface area (Å²) in [5, 5.41) is 17.6. The molecule has 2 aromatic heterocycles. The monoisotopic (exact) mass is 440 g/mol. The topological polar surface area (TPSA) is 162 Å². The first kappa shape index (κ1) is 24.4. The fourth-order valence-corrected chi connectivity index (χ4v) is 3.27. The summed E-state index contributed by atoms with van der Waals surface area (Å²) in [6.45, 7) is 5.08. The predicted octanol–water partition coefficient (Wildman–Crippen LogP) is 1.95. The minimum atomic E-state index is 0.250. The summed E-state index contributed by atoms with van der Waals surface area (Å²) in [4.78, 5) is 25.2. The van der Waals surface area contributed by atoms with Gasteiger partial charge in [-0.3, -0.25) is 0 Å². The van der Waals surface area contributed by atoms with Crippen LogP contribution in [0.15, 0.2) is 18.2 Å². The van der Waals surface area contributed by atoms with Gasteiger partial charge >= 0.3 is 6.15 Å². The molecule has 4 N–H and O–H groups in total. The standard InChI is InChI=1S/C20H28N8O.CO2/c1-4-6-9-22-19-15(16(5-2)23-20(21)24-19)12-14-10-13(7-8-17(14)29-3)11-18-25-27-28-26-18;2-1-3/h7-8,10H,4-6,9,11-12H2,1-3H3,(H3,21,22,23,24)(H,25,26,27,28);. The highest BCUT2D eigenvalue weighted by Gasteiger charge is 2.16. The SMILES string of the molecule is CCCCNc1nc(N)nc(CC)c1Cc1cc(Cc2nn[nH]n2)ccc1OC.O=C=O. The number of aromatic nitrogens is 6. The predicted molar refractivity (Wildman–Crippen MR) is 117 cm³/mol. The number of hydrogen-bond acceptors (Lipinski definition) is 10. The number of aromatic amines is 1. The molecule has 0 radical (unpaired) electrons. The third kappa shape index (κ3) is 6.85. The molecule has 11 heteroatoms. The first-order valence-corrected chi connectivity index (χ1v) is 10.3. The highest BCUT2D eigenvalue weighted by atomic mass is 16.5. The van der Waals surface area contributed by atoms with E-state index < -0.39 is 0 Å². The Morgan fingerprint density at radius 1 is 1.19 bits per heavy atom. The number of aryl methyl sites for hydroxylation is 1. The van der Waals surface area contributed by atoms with Crippen LogP contribution in [0.25, 0.3) is 0 Å². The molecule has 0 saturated carbocycles. The van der Waals surface area contributed by atoms with E-state index in [2.05, 4.69) is 55.8 Å². The number of benzene rings is 1. The van der Waals surface area contributed by atoms with Crippen molar-refractivity contribution in [3.05, 3.63) is 46.4 Å². The summed E-state index contributed by atoms with van der Waals surface area (Å²) in [5.74, 6) is 2.56. The average Bonchev–Trinajstić information content (AvgIpc) is 3.29. The lowest BCUT2D eigenvalue weighted by molar-refractivity contribution is -0.191. The highest BCUT2D eigenvalue weighted by molar-refractivity contribution is 5.53. The Labute approximate surface area is 186 Å². The molecule has 32 heavy (non-hydrogen) atoms. The number of H-pyrrole nitrogens is 1. The van der Waals surface area contributed by atoms with Gasteiger partial charge in [0.2, 0.25) is 5.95 Å². The van der Waals surface area contributed by atoms with Gasteiger partial charge in [-0.1, -0.05) is 37.6 Å². The summed E-state index contributed by atoms with van der Waals surface area (Å²) in [6, 6.07) is 6.10. The molecular formula is C21H28N8O3. The number of carbonyl (C=O) groups excluding carboxylic acids is 2. The maximum Gasteiger partial charge on any atom is 0.373 e. The Kier molecular flexibility index (Phi) is 9.73. The zero-order valence-corrected chi connectivity index (χ0v) is 18.5. The van der Waals surface area contributed by atoms with Crippen molar-refractivity contribution in [2.45, 2.75) is 46.0 Å². The summed E-state index contributed by atoms with van der Waals surface area (Å²) >= 11 is 0. The second-order valence-electron chi connectivity index (χ2n) is 6.90. The molecule has 0 amide bonds. The van der Waals surface area contributed by atoms with Gasteiger partial charge < -0.3 is 15.8 Å². The molecule has 0 spiro atoms. The first-order valence-electron chi connectivity index (χ1n) is 10.3. The third-order valence-corrected chi connectivity index (χ3v) is 4.73. The molecule has 3 aromatic rings. The van der Waals surface area contributed by atoms with E-state index in [0.29, 0.717) is 24.6 Å². The van der Waals surface area contributed by atoms with E-state index in [1.165, 1.54) is 0 Å². The van der Waals surface area contributed by atoms with Gasteiger partial charge in [0.25, 0.3) is 0 Å². The van der Waals surface area contributed by atoms with Crippen molar-refractivity contribution in [2.24, 2.45) is 0 Å². The van der Waals surface area contributed by atoms with Crippen LogP contribution in [-0.4, -0.2) is 50.4 Å². The Bertz CT molecular complexity index is 1020. The smallest absolute Gasteiger partial charge is 0.373 e. The van der Waals surface area contributed by atoms with Gasteiger partial charge in [-0.2, -0.15) is 19.8 Å². The van der Waals surface area contributed by atoms with Gasteiger partial charge in [0.05, 0.1) is 12.8 Å². The van der Waals surface area contributed by atoms with Gasteiger partial charge in [0.15, 0.2) is 5.82 Å². The number of nitrogens with one attached hydrogen (secondary N) is 2. The van der Waals surface area contributed by atoms with Crippen molar-refractivity contribution >= 4 is 17.9 Å². The Balaban J connectivity index is 0.00000114. The van der Waals surface area contributed by atoms with Crippen LogP contribution in [0.4, 0.5) is 11.8 Å². The van der Waals surface area contributed by atoms with Crippen LogP contribution in [0, 0.1) is 0 Å². The fraction of sp³-hybridized carbons (Fsp3) is 0.429. The lowest BCUT2D eigenvalue weighted by Gasteiger charge is -2.17. The van der Waals surface area contributed by atoms with E-state index in [1.807, 2.05) is 12.1 Å². The molecule has 0 aliphatic rings. The molecule has 0 fully saturated rings. The van der Waals surface area contributed by atoms with Crippen molar-refractivity contribution in [2.75, 3.05) is 24.7 Å². The molecule has 0 aliphatic carbocycles. The van der Waals surface area contributed by atoms with Crippen molar-refractivity contribution in [1.82, 2.24) is 30.6 Å². The Morgan fingerprint density at radius 3 is 2.59 bits per heavy atom. The van der Waals surface area contributed by atoms with Crippen LogP contribution in [0.2, 0.25) is 0 Å². The van der Waals surface area contributed by atoms with Gasteiger partial charge in [0.1, 0.15) is 11.6 Å². The summed E-state index contributed by atoms with van der Waals surface area (Å²) in [6.07, 6.45) is 4.42. The number of anilines is 2. The molecule has 2 heterocycles. The molecular weight excluding hydrogens is 412 g/mol. The van der Waals surface area contributed by atoms with E-state index in [9.17, 15) is 0 Å². The molecule has 3 rings (SSSR count). The van der Waals surface area contributed by atoms with Crippen LogP contribution in [0.5, 0.6) is 5.75 Å². The maximum absolute atomic E-state index is 8.12. The second-order valence-corrected chi connectivity index (χ2v) is 6.90. The molecule has 0 aliphatic heterocycles. The largest absolute Gasteiger partial charge is 0.496 e. The molecule has 11 nitrogen and oxygen atoms in total. The molecule has 0 saturated heterocycles. The minimum absolute atomic E-state index is 0.250. The summed E-state index contributed by atoms with van der Waals surface area (Å²) in [5.41, 5.74) is 10.1. The minimum Gasteiger partial charge on any atom is -0.496 e. The number of tetrazole rings is 1. The molecule has 0 atom stereocenters. The summed E-state index contributed by atoms with van der Waals surface area (Å²) in [7, 11) is 1.68. The Hall–Kier alpha value is -3.85. The van der Waals surface area contributed by atoms with Gasteiger partial charge in [-0.05, 0) is 30.0 Å². The molecule has 0 bridgehead atoms. The molecule has 170 valence electrons. The maximum atomic E-state index is 8.12. The van der Waals surface area contributed by atoms with Crippen molar-refractivity contribution in [1.29, 1.82) is 0 Å². The van der Waals surface area contributed by atoms with Crippen LogP contribution >= 0.6 is 0 Å². The van der Waals surface area contributed by atoms with E-state index in [4.69, 9.17) is 20.1 Å². The van der Waals surface area contributed by atoms with E-state index >= 15 is 0 Å². The van der Waals surface area contributed by atoms with Crippen LogP contribution in [0.3, 0.4) is 0 Å². The average molecular weight is 441 g/mol. The lowest BCUT2D eigenvalue weighted by atomic mass is 9.98. The number of ether oxygens (including phenoxy) is 1. The normalized spacial score (nSPS) is 10.1. The van der Waals surface area contributed by atoms with E-state index in [-0.39, 0.29) is 6.15 Å². The van der Waals surface area contributed by atoms with Crippen LogP contribution in [0.1, 0.15) is 54.9 Å². The van der Waals surface area contributed by atoms with Crippen molar-refractivity contribution in [3.63, 3.8) is 0 Å². The van der Waals surface area contributed by atoms with Crippen molar-refractivity contribution in [3.8, 4) is 5.75 Å². The summed E-state index contributed by atoms with van der Waals surface area (Å²) < 4.78 is 5.61. The van der Waals surface area contributed by atoms with Gasteiger partial charge in [-0.15, -0.1) is 10.2 Å². The number of unbranched alkanes of at least 4 members (excludes halogenated alkanes) is 1. The number of nitrogens with two attached hydrogens (primary N) is 1. The molecule has 1 aromatic carbocycles. The zero-order chi connectivity index (χ0) is 23.3. The van der Waals surface area contributed by atoms with Gasteiger partial charge in [-0.25, -0.2) is 4.98 Å². The van der Waals surface area contributed by atoms with Crippen LogP contribution in [-0.2, 0) is 28.9 Å². The molecule has 0 unspecified atom stereocenters. The van der Waals surface area contributed by atoms with Gasteiger partial charge in [0, 0.05) is 24.9 Å². The van der Waals surface area contributed by atoms with E-state index in [1.54, 1.807) is 7.11 Å². The second kappa shape index (κ2) is 12.8. The Morgan fingerprint density at radius 2 is 1.97 bits per heavy atom. The quantitative estimate of drug-likeness (QED) is 0.397. The number of methoxy groups -OCH3 is 1. The number of hydrogen-bond donors (Lipinski definition) is 3. The van der Waals surface area contributed by atoms with Crippen molar-refractivity contribution < 1.29 is 14.3 Å². The van der Waals surface area contributed by atoms with Crippen LogP contribution < -0.4 is 15.8 Å². The lowest BCUT2D eigenvalue weighted by Crippen LogP contribution is -2.13. The highest BCUT2D eigenvalue weighted by Crippen LogP contribution is 2.28. The number of rotatable bonds is 10. The van der Waals surface area contributed by atoms with E-state index in [0.717, 1.165) is 59.8 Å². The fourth-order valence-electron chi connectivity index (χ4n) is 3.27. The number of nitrogen functional groups attached to an aromatic ring is 1.